The zero-order valence-electron chi connectivity index (χ0n) is 15.2. The molecule has 2 aromatic rings. The number of carbonyl (C=O) groups excluding carboxylic acids is 4. The molecule has 0 bridgehead atoms. The Labute approximate surface area is 157 Å². The summed E-state index contributed by atoms with van der Waals surface area (Å²) in [5, 5.41) is 0. The number of ether oxygens (including phenoxy) is 2. The number of esters is 2. The standard InChI is InChI=1S/C21H20O6/c1-3-26-20(24)18(22)16-9-5-14(6-10-16)13-15-7-11-17(12-8-15)19(23)21(25)27-4-2/h5-12H,3-4,13H2,1-2H3. The van der Waals surface area contributed by atoms with Crippen LogP contribution < -0.4 is 0 Å². The van der Waals surface area contributed by atoms with Crippen LogP contribution in [-0.4, -0.2) is 36.7 Å². The van der Waals surface area contributed by atoms with E-state index in [0.29, 0.717) is 6.42 Å². The molecule has 0 unspecified atom stereocenters. The van der Waals surface area contributed by atoms with Gasteiger partial charge in [0.05, 0.1) is 13.2 Å². The second-order valence-corrected chi connectivity index (χ2v) is 5.67. The Bertz CT molecular complexity index is 762. The molecule has 0 N–H and O–H groups in total. The normalized spacial score (nSPS) is 10.1. The second kappa shape index (κ2) is 9.43. The first-order chi connectivity index (χ1) is 13.0. The highest BCUT2D eigenvalue weighted by atomic mass is 16.5. The summed E-state index contributed by atoms with van der Waals surface area (Å²) in [4.78, 5) is 46.7. The van der Waals surface area contributed by atoms with Gasteiger partial charge in [0.15, 0.2) is 0 Å². The SMILES string of the molecule is CCOC(=O)C(=O)c1ccc(Cc2ccc(C(=O)C(=O)OCC)cc2)cc1. The van der Waals surface area contributed by atoms with Gasteiger partial charge in [-0.2, -0.15) is 0 Å². The van der Waals surface area contributed by atoms with Crippen LogP contribution in [0.3, 0.4) is 0 Å². The Morgan fingerprint density at radius 3 is 1.26 bits per heavy atom. The first-order valence-corrected chi connectivity index (χ1v) is 8.57. The summed E-state index contributed by atoms with van der Waals surface area (Å²) >= 11 is 0. The van der Waals surface area contributed by atoms with Gasteiger partial charge in [-0.15, -0.1) is 0 Å². The predicted octanol–water partition coefficient (Wildman–Crippen LogP) is 2.77. The van der Waals surface area contributed by atoms with Crippen molar-refractivity contribution in [3.63, 3.8) is 0 Å². The topological polar surface area (TPSA) is 86.7 Å². The summed E-state index contributed by atoms with van der Waals surface area (Å²) in [5.74, 6) is -3.09. The first-order valence-electron chi connectivity index (χ1n) is 8.57. The third-order valence-electron chi connectivity index (χ3n) is 3.76. The minimum Gasteiger partial charge on any atom is -0.460 e. The average molecular weight is 368 g/mol. The smallest absolute Gasteiger partial charge is 0.379 e. The van der Waals surface area contributed by atoms with E-state index in [4.69, 9.17) is 9.47 Å². The van der Waals surface area contributed by atoms with Crippen molar-refractivity contribution < 1.29 is 28.7 Å². The highest BCUT2D eigenvalue weighted by Crippen LogP contribution is 2.13. The largest absolute Gasteiger partial charge is 0.460 e. The van der Waals surface area contributed by atoms with Crippen LogP contribution in [0.15, 0.2) is 48.5 Å². The monoisotopic (exact) mass is 368 g/mol. The third-order valence-corrected chi connectivity index (χ3v) is 3.76. The molecule has 6 heteroatoms. The van der Waals surface area contributed by atoms with Crippen LogP contribution in [0.5, 0.6) is 0 Å². The van der Waals surface area contributed by atoms with Crippen LogP contribution in [0.4, 0.5) is 0 Å². The maximum Gasteiger partial charge on any atom is 0.379 e. The number of Topliss-reactive ketones (excluding diaryl/α,β-unsaturated/α-hetero) is 2. The predicted molar refractivity (Wildman–Crippen MR) is 97.6 cm³/mol. The number of ketones is 2. The van der Waals surface area contributed by atoms with Crippen LogP contribution in [0, 0.1) is 0 Å². The molecule has 0 saturated heterocycles. The van der Waals surface area contributed by atoms with Crippen LogP contribution in [0.1, 0.15) is 45.7 Å². The molecule has 0 atom stereocenters. The van der Waals surface area contributed by atoms with Gasteiger partial charge in [0.2, 0.25) is 0 Å². The number of carbonyl (C=O) groups is 4. The Hall–Kier alpha value is -3.28. The highest BCUT2D eigenvalue weighted by molar-refractivity contribution is 6.41. The van der Waals surface area contributed by atoms with Gasteiger partial charge in [-0.25, -0.2) is 9.59 Å². The lowest BCUT2D eigenvalue weighted by molar-refractivity contribution is -0.138. The first kappa shape index (κ1) is 20.0. The molecule has 0 fully saturated rings. The Kier molecular flexibility index (Phi) is 7.00. The lowest BCUT2D eigenvalue weighted by atomic mass is 10.0. The molecule has 140 valence electrons. The van der Waals surface area contributed by atoms with Crippen molar-refractivity contribution >= 4 is 23.5 Å². The molecule has 0 aliphatic rings. The van der Waals surface area contributed by atoms with Crippen LogP contribution >= 0.6 is 0 Å². The van der Waals surface area contributed by atoms with Crippen LogP contribution in [0.2, 0.25) is 0 Å². The number of benzene rings is 2. The molecule has 0 aliphatic carbocycles. The molecule has 27 heavy (non-hydrogen) atoms. The molecular formula is C21H20O6. The highest BCUT2D eigenvalue weighted by Gasteiger charge is 2.18. The maximum absolute atomic E-state index is 11.9. The molecule has 0 saturated carbocycles. The van der Waals surface area contributed by atoms with Crippen molar-refractivity contribution in [1.82, 2.24) is 0 Å². The Morgan fingerprint density at radius 1 is 0.630 bits per heavy atom. The van der Waals surface area contributed by atoms with Crippen molar-refractivity contribution in [3.05, 3.63) is 70.8 Å². The fourth-order valence-electron chi connectivity index (χ4n) is 2.41. The van der Waals surface area contributed by atoms with E-state index in [1.807, 2.05) is 0 Å². The van der Waals surface area contributed by atoms with Crippen molar-refractivity contribution in [2.45, 2.75) is 20.3 Å². The molecule has 0 aromatic heterocycles. The zero-order chi connectivity index (χ0) is 19.8. The minimum atomic E-state index is -0.868. The van der Waals surface area contributed by atoms with Crippen molar-refractivity contribution in [2.75, 3.05) is 13.2 Å². The summed E-state index contributed by atoms with van der Waals surface area (Å²) in [7, 11) is 0. The number of rotatable bonds is 8. The molecule has 2 aromatic carbocycles. The van der Waals surface area contributed by atoms with E-state index in [1.54, 1.807) is 62.4 Å². The molecule has 0 aliphatic heterocycles. The summed E-state index contributed by atoms with van der Waals surface area (Å²) < 4.78 is 9.40. The van der Waals surface area contributed by atoms with Gasteiger partial charge in [-0.05, 0) is 31.4 Å². The van der Waals surface area contributed by atoms with Gasteiger partial charge < -0.3 is 9.47 Å². The van der Waals surface area contributed by atoms with E-state index in [2.05, 4.69) is 0 Å². The number of hydrogen-bond donors (Lipinski definition) is 0. The zero-order valence-corrected chi connectivity index (χ0v) is 15.2. The Balaban J connectivity index is 2.03. The molecule has 0 spiro atoms. The van der Waals surface area contributed by atoms with E-state index in [-0.39, 0.29) is 24.3 Å². The lowest BCUT2D eigenvalue weighted by Gasteiger charge is -2.06. The van der Waals surface area contributed by atoms with Gasteiger partial charge in [0.1, 0.15) is 0 Å². The Morgan fingerprint density at radius 2 is 0.963 bits per heavy atom. The van der Waals surface area contributed by atoms with E-state index in [0.717, 1.165) is 11.1 Å². The quantitative estimate of drug-likeness (QED) is 0.405. The summed E-state index contributed by atoms with van der Waals surface area (Å²) in [6, 6.07) is 13.3. The summed E-state index contributed by atoms with van der Waals surface area (Å²) in [5.41, 5.74) is 2.40. The van der Waals surface area contributed by atoms with Crippen LogP contribution in [0.25, 0.3) is 0 Å². The van der Waals surface area contributed by atoms with Gasteiger partial charge in [-0.3, -0.25) is 9.59 Å². The molecular weight excluding hydrogens is 348 g/mol. The van der Waals surface area contributed by atoms with E-state index < -0.39 is 23.5 Å². The van der Waals surface area contributed by atoms with E-state index in [9.17, 15) is 19.2 Å². The van der Waals surface area contributed by atoms with Crippen molar-refractivity contribution in [2.24, 2.45) is 0 Å². The molecule has 2 rings (SSSR count). The van der Waals surface area contributed by atoms with Gasteiger partial charge in [0, 0.05) is 11.1 Å². The molecule has 0 heterocycles. The fourth-order valence-corrected chi connectivity index (χ4v) is 2.41. The van der Waals surface area contributed by atoms with Crippen LogP contribution in [-0.2, 0) is 25.5 Å². The number of hydrogen-bond acceptors (Lipinski definition) is 6. The summed E-state index contributed by atoms with van der Waals surface area (Å²) in [6.07, 6.45) is 0.571. The third kappa shape index (κ3) is 5.34. The fraction of sp³-hybridized carbons (Fsp3) is 0.238. The molecule has 0 radical (unpaired) electrons. The van der Waals surface area contributed by atoms with Gasteiger partial charge >= 0.3 is 11.9 Å². The van der Waals surface area contributed by atoms with Crippen molar-refractivity contribution in [3.8, 4) is 0 Å². The van der Waals surface area contributed by atoms with Gasteiger partial charge in [0.25, 0.3) is 11.6 Å². The summed E-state index contributed by atoms with van der Waals surface area (Å²) in [6.45, 7) is 3.58. The molecule has 6 nitrogen and oxygen atoms in total. The lowest BCUT2D eigenvalue weighted by Crippen LogP contribution is -2.17. The van der Waals surface area contributed by atoms with Crippen molar-refractivity contribution in [1.29, 1.82) is 0 Å². The maximum atomic E-state index is 11.9. The van der Waals surface area contributed by atoms with E-state index in [1.165, 1.54) is 0 Å². The van der Waals surface area contributed by atoms with E-state index >= 15 is 0 Å². The second-order valence-electron chi connectivity index (χ2n) is 5.67. The molecule has 0 amide bonds. The average Bonchev–Trinajstić information content (AvgIpc) is 2.68. The minimum absolute atomic E-state index is 0.150. The van der Waals surface area contributed by atoms with Gasteiger partial charge in [-0.1, -0.05) is 48.5 Å².